The van der Waals surface area contributed by atoms with Gasteiger partial charge in [-0.2, -0.15) is 0 Å². The molecular formula is C13H17NO2. The fourth-order valence-electron chi connectivity index (χ4n) is 2.32. The summed E-state index contributed by atoms with van der Waals surface area (Å²) in [5.41, 5.74) is 2.04. The van der Waals surface area contributed by atoms with E-state index in [9.17, 15) is 9.90 Å². The minimum absolute atomic E-state index is 0.0675. The smallest absolute Gasteiger partial charge is 0.170 e. The number of aliphatic hydroxyl groups is 1. The number of Topliss-reactive ketones (excluding diaryl/α,β-unsaturated/α-hetero) is 1. The lowest BCUT2D eigenvalue weighted by atomic mass is 9.82. The Kier molecular flexibility index (Phi) is 3.34. The fraction of sp³-hybridized carbons (Fsp3) is 0.538. The average Bonchev–Trinajstić information content (AvgIpc) is 2.36. The van der Waals surface area contributed by atoms with Gasteiger partial charge in [0.15, 0.2) is 5.78 Å². The number of pyridine rings is 1. The van der Waals surface area contributed by atoms with E-state index in [1.165, 1.54) is 0 Å². The molecule has 3 heteroatoms. The first-order valence-electron chi connectivity index (χ1n) is 5.89. The Morgan fingerprint density at radius 2 is 2.50 bits per heavy atom. The summed E-state index contributed by atoms with van der Waals surface area (Å²) in [7, 11) is 0. The Bertz CT molecular complexity index is 389. The van der Waals surface area contributed by atoms with Gasteiger partial charge in [0.1, 0.15) is 6.10 Å². The molecule has 1 aromatic rings. The summed E-state index contributed by atoms with van der Waals surface area (Å²) in [6, 6.07) is 3.93. The van der Waals surface area contributed by atoms with Gasteiger partial charge < -0.3 is 5.11 Å². The molecule has 1 aliphatic carbocycles. The molecule has 0 bridgehead atoms. The van der Waals surface area contributed by atoms with Crippen molar-refractivity contribution in [3.63, 3.8) is 0 Å². The summed E-state index contributed by atoms with van der Waals surface area (Å²) in [6.07, 6.45) is 4.19. The van der Waals surface area contributed by atoms with Crippen molar-refractivity contribution in [3.05, 3.63) is 29.6 Å². The highest BCUT2D eigenvalue weighted by atomic mass is 16.3. The number of carbonyl (C=O) groups excluding carboxylic acids is 1. The van der Waals surface area contributed by atoms with Crippen LogP contribution in [-0.2, 0) is 11.2 Å². The molecule has 86 valence electrons. The second-order valence-corrected chi connectivity index (χ2v) is 4.32. The molecule has 0 fully saturated rings. The van der Waals surface area contributed by atoms with E-state index >= 15 is 0 Å². The van der Waals surface area contributed by atoms with Gasteiger partial charge in [0.05, 0.1) is 11.6 Å². The zero-order valence-electron chi connectivity index (χ0n) is 9.52. The third-order valence-corrected chi connectivity index (χ3v) is 3.25. The Morgan fingerprint density at radius 3 is 3.25 bits per heavy atom. The van der Waals surface area contributed by atoms with E-state index in [1.807, 2.05) is 19.1 Å². The molecule has 0 aromatic carbocycles. The molecule has 16 heavy (non-hydrogen) atoms. The molecule has 0 spiro atoms. The van der Waals surface area contributed by atoms with Crippen LogP contribution >= 0.6 is 0 Å². The Hall–Kier alpha value is -1.22. The Balaban J connectivity index is 2.28. The van der Waals surface area contributed by atoms with Crippen molar-refractivity contribution < 1.29 is 9.90 Å². The fourth-order valence-corrected chi connectivity index (χ4v) is 2.32. The quantitative estimate of drug-likeness (QED) is 0.844. The third-order valence-electron chi connectivity index (χ3n) is 3.25. The monoisotopic (exact) mass is 219 g/mol. The van der Waals surface area contributed by atoms with E-state index in [1.54, 1.807) is 6.20 Å². The summed E-state index contributed by atoms with van der Waals surface area (Å²) in [6.45, 7) is 1.82. The number of hydrogen-bond donors (Lipinski definition) is 1. The van der Waals surface area contributed by atoms with Gasteiger partial charge >= 0.3 is 0 Å². The normalized spacial score (nSPS) is 21.2. The minimum Gasteiger partial charge on any atom is -0.385 e. The van der Waals surface area contributed by atoms with Crippen molar-refractivity contribution in [2.75, 3.05) is 0 Å². The maximum Gasteiger partial charge on any atom is 0.170 e. The molecule has 0 saturated heterocycles. The van der Waals surface area contributed by atoms with E-state index < -0.39 is 6.10 Å². The SMILES string of the molecule is CCC(O)C(=O)C1CCCc2cccnc21. The lowest BCUT2D eigenvalue weighted by Gasteiger charge is -2.24. The van der Waals surface area contributed by atoms with Crippen LogP contribution in [0.3, 0.4) is 0 Å². The highest BCUT2D eigenvalue weighted by molar-refractivity contribution is 5.89. The second kappa shape index (κ2) is 4.74. The summed E-state index contributed by atoms with van der Waals surface area (Å²) in [5, 5.41) is 9.63. The number of aliphatic hydroxyl groups excluding tert-OH is 1. The van der Waals surface area contributed by atoms with Crippen LogP contribution in [0.5, 0.6) is 0 Å². The second-order valence-electron chi connectivity index (χ2n) is 4.32. The highest BCUT2D eigenvalue weighted by Gasteiger charge is 2.30. The molecule has 3 nitrogen and oxygen atoms in total. The Morgan fingerprint density at radius 1 is 1.69 bits per heavy atom. The van der Waals surface area contributed by atoms with E-state index in [0.717, 1.165) is 30.5 Å². The molecule has 0 amide bonds. The number of aryl methyl sites for hydroxylation is 1. The van der Waals surface area contributed by atoms with Crippen LogP contribution in [0.15, 0.2) is 18.3 Å². The van der Waals surface area contributed by atoms with Crippen molar-refractivity contribution in [1.29, 1.82) is 0 Å². The zero-order valence-corrected chi connectivity index (χ0v) is 9.52. The highest BCUT2D eigenvalue weighted by Crippen LogP contribution is 2.31. The van der Waals surface area contributed by atoms with Gasteiger partial charge in [-0.25, -0.2) is 0 Å². The molecule has 0 saturated carbocycles. The summed E-state index contributed by atoms with van der Waals surface area (Å²) in [5.74, 6) is -0.262. The summed E-state index contributed by atoms with van der Waals surface area (Å²) >= 11 is 0. The zero-order chi connectivity index (χ0) is 11.5. The molecule has 1 heterocycles. The predicted molar refractivity (Wildman–Crippen MR) is 61.2 cm³/mol. The number of ketones is 1. The van der Waals surface area contributed by atoms with Crippen LogP contribution in [0.1, 0.15) is 43.4 Å². The van der Waals surface area contributed by atoms with E-state index in [0.29, 0.717) is 6.42 Å². The minimum atomic E-state index is -0.835. The standard InChI is InChI=1S/C13H17NO2/c1-2-11(15)13(16)10-7-3-5-9-6-4-8-14-12(9)10/h4,6,8,10-11,15H,2-3,5,7H2,1H3. The van der Waals surface area contributed by atoms with Crippen LogP contribution in [0.2, 0.25) is 0 Å². The molecule has 1 aliphatic rings. The first kappa shape index (κ1) is 11.3. The lowest BCUT2D eigenvalue weighted by molar-refractivity contribution is -0.129. The van der Waals surface area contributed by atoms with Gasteiger partial charge in [0, 0.05) is 6.20 Å². The molecule has 0 radical (unpaired) electrons. The maximum atomic E-state index is 12.0. The van der Waals surface area contributed by atoms with Crippen molar-refractivity contribution in [3.8, 4) is 0 Å². The molecule has 0 aliphatic heterocycles. The van der Waals surface area contributed by atoms with Crippen LogP contribution in [0, 0.1) is 0 Å². The number of hydrogen-bond acceptors (Lipinski definition) is 3. The van der Waals surface area contributed by atoms with Crippen molar-refractivity contribution in [1.82, 2.24) is 4.98 Å². The first-order valence-corrected chi connectivity index (χ1v) is 5.89. The molecule has 1 aromatic heterocycles. The molecule has 2 atom stereocenters. The number of carbonyl (C=O) groups is 1. The summed E-state index contributed by atoms with van der Waals surface area (Å²) in [4.78, 5) is 16.3. The predicted octanol–water partition coefficient (Wildman–Crippen LogP) is 1.84. The van der Waals surface area contributed by atoms with Crippen LogP contribution in [0.25, 0.3) is 0 Å². The van der Waals surface area contributed by atoms with Crippen molar-refractivity contribution >= 4 is 5.78 Å². The van der Waals surface area contributed by atoms with E-state index in [2.05, 4.69) is 4.98 Å². The maximum absolute atomic E-state index is 12.0. The van der Waals surface area contributed by atoms with E-state index in [-0.39, 0.29) is 11.7 Å². The van der Waals surface area contributed by atoms with Gasteiger partial charge in [-0.05, 0) is 37.3 Å². The largest absolute Gasteiger partial charge is 0.385 e. The van der Waals surface area contributed by atoms with Crippen molar-refractivity contribution in [2.45, 2.75) is 44.6 Å². The van der Waals surface area contributed by atoms with Gasteiger partial charge in [-0.15, -0.1) is 0 Å². The molecule has 2 rings (SSSR count). The van der Waals surface area contributed by atoms with E-state index in [4.69, 9.17) is 0 Å². The van der Waals surface area contributed by atoms with Crippen LogP contribution in [-0.4, -0.2) is 22.0 Å². The van der Waals surface area contributed by atoms with Gasteiger partial charge in [-0.1, -0.05) is 13.0 Å². The van der Waals surface area contributed by atoms with Gasteiger partial charge in [-0.3, -0.25) is 9.78 Å². The molecule has 1 N–H and O–H groups in total. The van der Waals surface area contributed by atoms with Gasteiger partial charge in [0.25, 0.3) is 0 Å². The summed E-state index contributed by atoms with van der Waals surface area (Å²) < 4.78 is 0. The first-order chi connectivity index (χ1) is 7.74. The number of nitrogens with zero attached hydrogens (tertiary/aromatic N) is 1. The topological polar surface area (TPSA) is 50.2 Å². The average molecular weight is 219 g/mol. The number of aromatic nitrogens is 1. The third kappa shape index (κ3) is 2.00. The molecule has 2 unspecified atom stereocenters. The van der Waals surface area contributed by atoms with Crippen LogP contribution in [0.4, 0.5) is 0 Å². The Labute approximate surface area is 95.5 Å². The molecular weight excluding hydrogens is 202 g/mol. The van der Waals surface area contributed by atoms with Gasteiger partial charge in [0.2, 0.25) is 0 Å². The lowest BCUT2D eigenvalue weighted by Crippen LogP contribution is -2.29. The number of fused-ring (bicyclic) bond motifs is 1. The number of rotatable bonds is 3. The van der Waals surface area contributed by atoms with Crippen LogP contribution < -0.4 is 0 Å². The van der Waals surface area contributed by atoms with Crippen molar-refractivity contribution in [2.24, 2.45) is 0 Å².